The normalized spacial score (nSPS) is 29.5. The van der Waals surface area contributed by atoms with Gasteiger partial charge in [0.15, 0.2) is 0 Å². The predicted molar refractivity (Wildman–Crippen MR) is 143 cm³/mol. The number of imidazole rings is 1. The quantitative estimate of drug-likeness (QED) is 0.287. The van der Waals surface area contributed by atoms with Gasteiger partial charge < -0.3 is 14.4 Å². The molecule has 2 aliphatic carbocycles. The Morgan fingerprint density at radius 1 is 1.03 bits per heavy atom. The van der Waals surface area contributed by atoms with Gasteiger partial charge in [0, 0.05) is 23.5 Å². The summed E-state index contributed by atoms with van der Waals surface area (Å²) in [5, 5.41) is 14.1. The van der Waals surface area contributed by atoms with Gasteiger partial charge in [-0.2, -0.15) is 0 Å². The smallest absolute Gasteiger partial charge is 0.242 e. The van der Waals surface area contributed by atoms with E-state index in [-0.39, 0.29) is 11.9 Å². The Bertz CT molecular complexity index is 1720. The molecule has 198 valence electrons. The molecule has 3 aliphatic rings. The number of aromatic nitrogens is 6. The minimum atomic E-state index is -0.647. The second-order valence-electron chi connectivity index (χ2n) is 11.7. The van der Waals surface area contributed by atoms with Crippen molar-refractivity contribution in [2.75, 3.05) is 0 Å². The Balaban J connectivity index is 1.29. The van der Waals surface area contributed by atoms with E-state index in [9.17, 15) is 4.39 Å². The van der Waals surface area contributed by atoms with Gasteiger partial charge in [-0.15, -0.1) is 10.2 Å². The fraction of sp³-hybridized carbons (Fsp3) is 0.400. The van der Waals surface area contributed by atoms with Gasteiger partial charge >= 0.3 is 0 Å². The van der Waals surface area contributed by atoms with Gasteiger partial charge in [0.25, 0.3) is 0 Å². The molecule has 5 aromatic rings. The second-order valence-corrected chi connectivity index (χ2v) is 11.7. The zero-order valence-electron chi connectivity index (χ0n) is 22.1. The lowest BCUT2D eigenvalue weighted by atomic mass is 9.76. The first kappa shape index (κ1) is 23.1. The summed E-state index contributed by atoms with van der Waals surface area (Å²) in [4.78, 5) is 16.5. The minimum Gasteiger partial charge on any atom is -0.423 e. The van der Waals surface area contributed by atoms with Crippen LogP contribution in [0.4, 0.5) is 4.39 Å². The summed E-state index contributed by atoms with van der Waals surface area (Å²) < 4.78 is 20.2. The molecule has 2 fully saturated rings. The summed E-state index contributed by atoms with van der Waals surface area (Å²) >= 11 is 0. The van der Waals surface area contributed by atoms with Crippen molar-refractivity contribution >= 4 is 10.9 Å². The van der Waals surface area contributed by atoms with Gasteiger partial charge in [-0.3, -0.25) is 5.32 Å². The number of H-pyrrole nitrogens is 2. The summed E-state index contributed by atoms with van der Waals surface area (Å²) in [5.74, 6) is 3.97. The van der Waals surface area contributed by atoms with Crippen molar-refractivity contribution < 1.29 is 8.81 Å². The van der Waals surface area contributed by atoms with Gasteiger partial charge in [0.1, 0.15) is 17.2 Å². The lowest BCUT2D eigenvalue weighted by molar-refractivity contribution is 0.190. The summed E-state index contributed by atoms with van der Waals surface area (Å²) in [7, 11) is 0. The molecule has 4 atom stereocenters. The van der Waals surface area contributed by atoms with Gasteiger partial charge in [-0.1, -0.05) is 25.1 Å². The number of pyridine rings is 1. The van der Waals surface area contributed by atoms with Gasteiger partial charge in [0.2, 0.25) is 11.8 Å². The molecule has 0 radical (unpaired) electrons. The van der Waals surface area contributed by atoms with Crippen LogP contribution in [0.15, 0.2) is 47.0 Å². The average molecular weight is 524 g/mol. The number of hydrogen-bond acceptors (Lipinski definition) is 6. The van der Waals surface area contributed by atoms with Crippen LogP contribution in [0.1, 0.15) is 60.4 Å². The molecule has 1 aromatic carbocycles. The van der Waals surface area contributed by atoms with Gasteiger partial charge in [-0.25, -0.2) is 14.4 Å². The topological polar surface area (TPSA) is 108 Å². The number of rotatable bonds is 4. The molecule has 5 heterocycles. The van der Waals surface area contributed by atoms with Crippen molar-refractivity contribution in [2.24, 2.45) is 23.7 Å². The number of aromatic amines is 2. The number of fused-ring (bicyclic) bond motifs is 4. The molecule has 0 spiro atoms. The zero-order valence-corrected chi connectivity index (χ0v) is 22.1. The highest BCUT2D eigenvalue weighted by Crippen LogP contribution is 2.68. The number of benzene rings is 1. The van der Waals surface area contributed by atoms with Crippen molar-refractivity contribution in [3.05, 3.63) is 83.0 Å². The van der Waals surface area contributed by atoms with Crippen LogP contribution in [-0.2, 0) is 12.0 Å². The molecule has 8 nitrogen and oxygen atoms in total. The van der Waals surface area contributed by atoms with E-state index in [1.54, 1.807) is 19.2 Å². The van der Waals surface area contributed by atoms with E-state index < -0.39 is 5.54 Å². The van der Waals surface area contributed by atoms with Crippen LogP contribution in [0.5, 0.6) is 0 Å². The molecule has 0 amide bonds. The maximum absolute atomic E-state index is 13.9. The van der Waals surface area contributed by atoms with E-state index in [4.69, 9.17) is 9.40 Å². The lowest BCUT2D eigenvalue weighted by Gasteiger charge is -2.41. The third kappa shape index (κ3) is 3.32. The van der Waals surface area contributed by atoms with Crippen LogP contribution in [0.3, 0.4) is 0 Å². The van der Waals surface area contributed by atoms with E-state index in [1.807, 2.05) is 6.92 Å². The molecule has 4 aromatic heterocycles. The zero-order chi connectivity index (χ0) is 26.5. The van der Waals surface area contributed by atoms with Crippen LogP contribution in [-0.4, -0.2) is 30.1 Å². The molecule has 0 bridgehead atoms. The van der Waals surface area contributed by atoms with E-state index >= 15 is 0 Å². The number of aryl methyl sites for hydroxylation is 2. The largest absolute Gasteiger partial charge is 0.423 e. The maximum Gasteiger partial charge on any atom is 0.242 e. The standard InChI is InChI=1S/C30H30FN7O/c1-14-10-18-19(11-14)26(18)30(29-38-37-16(3)39-29)27-20(17-6-4-5-7-22(17)34-27)12-24(36-30)28-32-13-25(35-28)23-9-8-21(31)15(2)33-23/h4-9,13-14,18-19,24,26,34,36H,10-12H2,1-3H3,(H,32,35)/t14?,18?,19?,24-,26?,30?/m1/s1. The van der Waals surface area contributed by atoms with Crippen LogP contribution in [0, 0.1) is 43.3 Å². The molecule has 8 rings (SSSR count). The fourth-order valence-corrected chi connectivity index (χ4v) is 7.64. The molecule has 1 aliphatic heterocycles. The number of halogens is 1. The van der Waals surface area contributed by atoms with E-state index in [0.717, 1.165) is 35.1 Å². The monoisotopic (exact) mass is 523 g/mol. The third-order valence-corrected chi connectivity index (χ3v) is 9.28. The van der Waals surface area contributed by atoms with Crippen LogP contribution in [0.25, 0.3) is 22.3 Å². The number of nitrogens with one attached hydrogen (secondary N) is 3. The van der Waals surface area contributed by atoms with Gasteiger partial charge in [0.05, 0.1) is 29.3 Å². The Kier molecular flexibility index (Phi) is 4.78. The minimum absolute atomic E-state index is 0.127. The highest BCUT2D eigenvalue weighted by atomic mass is 19.1. The molecule has 2 saturated carbocycles. The summed E-state index contributed by atoms with van der Waals surface area (Å²) in [6, 6.07) is 11.5. The van der Waals surface area contributed by atoms with Crippen molar-refractivity contribution in [1.82, 2.24) is 35.5 Å². The summed E-state index contributed by atoms with van der Waals surface area (Å²) in [6.45, 7) is 5.88. The van der Waals surface area contributed by atoms with Crippen LogP contribution < -0.4 is 5.32 Å². The van der Waals surface area contributed by atoms with Crippen molar-refractivity contribution in [3.63, 3.8) is 0 Å². The van der Waals surface area contributed by atoms with Crippen molar-refractivity contribution in [2.45, 2.75) is 51.6 Å². The summed E-state index contributed by atoms with van der Waals surface area (Å²) in [5.41, 5.74) is 4.65. The number of nitrogens with zero attached hydrogens (tertiary/aromatic N) is 4. The van der Waals surface area contributed by atoms with Gasteiger partial charge in [-0.05, 0) is 73.6 Å². The van der Waals surface area contributed by atoms with Crippen LogP contribution >= 0.6 is 0 Å². The lowest BCUT2D eigenvalue weighted by Crippen LogP contribution is -2.53. The van der Waals surface area contributed by atoms with Crippen molar-refractivity contribution in [1.29, 1.82) is 0 Å². The molecule has 3 N–H and O–H groups in total. The highest BCUT2D eigenvalue weighted by Gasteiger charge is 2.68. The maximum atomic E-state index is 13.9. The Morgan fingerprint density at radius 3 is 2.62 bits per heavy atom. The molecular weight excluding hydrogens is 493 g/mol. The fourth-order valence-electron chi connectivity index (χ4n) is 7.64. The Morgan fingerprint density at radius 2 is 1.85 bits per heavy atom. The second kappa shape index (κ2) is 8.08. The third-order valence-electron chi connectivity index (χ3n) is 9.28. The number of hydrogen-bond donors (Lipinski definition) is 3. The van der Waals surface area contributed by atoms with E-state index in [1.165, 1.54) is 29.9 Å². The predicted octanol–water partition coefficient (Wildman–Crippen LogP) is 5.51. The molecule has 3 unspecified atom stereocenters. The summed E-state index contributed by atoms with van der Waals surface area (Å²) in [6.07, 6.45) is 4.96. The Labute approximate surface area is 224 Å². The first-order chi connectivity index (χ1) is 18.9. The van der Waals surface area contributed by atoms with E-state index in [0.29, 0.717) is 40.9 Å². The first-order valence-corrected chi connectivity index (χ1v) is 13.8. The molecular formula is C30H30FN7O. The molecule has 0 saturated heterocycles. The highest BCUT2D eigenvalue weighted by molar-refractivity contribution is 5.86. The SMILES string of the molecule is Cc1nnc(C2(C3C4CC(C)CC43)N[C@@H](c3ncc(-c4ccc(F)c(C)n4)[nH]3)Cc3c2[nH]c2ccccc32)o1. The van der Waals surface area contributed by atoms with E-state index in [2.05, 4.69) is 61.7 Å². The number of para-hydroxylation sites is 1. The average Bonchev–Trinajstić information content (AvgIpc) is 3.48. The molecule has 9 heteroatoms. The van der Waals surface area contributed by atoms with Crippen molar-refractivity contribution in [3.8, 4) is 11.4 Å². The first-order valence-electron chi connectivity index (χ1n) is 13.8. The van der Waals surface area contributed by atoms with Crippen LogP contribution in [0.2, 0.25) is 0 Å². The molecule has 39 heavy (non-hydrogen) atoms. The Hall–Kier alpha value is -3.85.